The zero-order valence-electron chi connectivity index (χ0n) is 9.70. The number of rotatable bonds is 8. The first-order valence-corrected chi connectivity index (χ1v) is 5.86. The minimum Gasteiger partial charge on any atom is -0.396 e. The number of thiol groups is 1. The summed E-state index contributed by atoms with van der Waals surface area (Å²) in [5, 5.41) is 8.69. The standard InChI is InChI=1S/C11H22O2S.Sn/c1-9(2)6-4-3-5-7-10(8-12)11(13)14;/h9-10,12H,3-8H2,1-2H3,(H,13,14);. The van der Waals surface area contributed by atoms with Gasteiger partial charge in [0.2, 0.25) is 0 Å². The van der Waals surface area contributed by atoms with Gasteiger partial charge in [-0.15, -0.1) is 12.6 Å². The summed E-state index contributed by atoms with van der Waals surface area (Å²) < 4.78 is 0. The van der Waals surface area contributed by atoms with Gasteiger partial charge in [0.1, 0.15) is 0 Å². The Hall–Kier alpha value is 0.779. The maximum Gasteiger partial charge on any atom is 0.191 e. The molecule has 0 aromatic carbocycles. The number of carbonyl (C=O) groups is 1. The fraction of sp³-hybridized carbons (Fsp3) is 0.909. The summed E-state index contributed by atoms with van der Waals surface area (Å²) in [4.78, 5) is 10.9. The van der Waals surface area contributed by atoms with Gasteiger partial charge in [-0.2, -0.15) is 0 Å². The van der Waals surface area contributed by atoms with Gasteiger partial charge in [-0.25, -0.2) is 0 Å². The van der Waals surface area contributed by atoms with Gasteiger partial charge < -0.3 is 5.11 Å². The van der Waals surface area contributed by atoms with Crippen molar-refractivity contribution in [3.8, 4) is 0 Å². The molecule has 1 atom stereocenters. The second-order valence-electron chi connectivity index (χ2n) is 4.25. The van der Waals surface area contributed by atoms with E-state index >= 15 is 0 Å². The van der Waals surface area contributed by atoms with Crippen molar-refractivity contribution in [1.82, 2.24) is 0 Å². The van der Waals surface area contributed by atoms with Crippen LogP contribution in [0.15, 0.2) is 0 Å². The van der Waals surface area contributed by atoms with Crippen molar-refractivity contribution in [2.75, 3.05) is 6.61 Å². The molecular formula is C11H22O2SSn. The molecule has 1 unspecified atom stereocenters. The molecular weight excluding hydrogens is 315 g/mol. The van der Waals surface area contributed by atoms with Crippen LogP contribution in [0.25, 0.3) is 0 Å². The summed E-state index contributed by atoms with van der Waals surface area (Å²) in [7, 11) is 0. The first kappa shape index (κ1) is 18.2. The van der Waals surface area contributed by atoms with E-state index in [0.717, 1.165) is 25.2 Å². The van der Waals surface area contributed by atoms with Crippen LogP contribution in [-0.2, 0) is 4.79 Å². The Balaban J connectivity index is 0. The predicted octanol–water partition coefficient (Wildman–Crippen LogP) is 2.28. The second-order valence-corrected chi connectivity index (χ2v) is 4.69. The smallest absolute Gasteiger partial charge is 0.191 e. The van der Waals surface area contributed by atoms with E-state index in [1.54, 1.807) is 0 Å². The molecule has 0 aliphatic carbocycles. The van der Waals surface area contributed by atoms with E-state index in [4.69, 9.17) is 5.11 Å². The van der Waals surface area contributed by atoms with Gasteiger partial charge in [0.25, 0.3) is 0 Å². The normalized spacial score (nSPS) is 12.3. The summed E-state index contributed by atoms with van der Waals surface area (Å²) in [6.45, 7) is 4.37. The van der Waals surface area contributed by atoms with Gasteiger partial charge in [-0.3, -0.25) is 4.79 Å². The third-order valence-electron chi connectivity index (χ3n) is 2.40. The van der Waals surface area contributed by atoms with Gasteiger partial charge in [0.15, 0.2) is 5.12 Å². The maximum atomic E-state index is 10.9. The van der Waals surface area contributed by atoms with E-state index in [2.05, 4.69) is 26.5 Å². The number of unbranched alkanes of at least 4 members (excludes halogenated alkanes) is 2. The summed E-state index contributed by atoms with van der Waals surface area (Å²) in [6.07, 6.45) is 5.41. The monoisotopic (exact) mass is 338 g/mol. The molecule has 0 spiro atoms. The minimum atomic E-state index is -0.252. The van der Waals surface area contributed by atoms with Gasteiger partial charge >= 0.3 is 0 Å². The molecule has 0 saturated carbocycles. The van der Waals surface area contributed by atoms with E-state index < -0.39 is 0 Å². The van der Waals surface area contributed by atoms with Crippen molar-refractivity contribution in [3.05, 3.63) is 0 Å². The Morgan fingerprint density at radius 3 is 2.13 bits per heavy atom. The molecule has 0 bridgehead atoms. The molecule has 0 aliphatic rings. The number of aliphatic hydroxyl groups is 1. The van der Waals surface area contributed by atoms with Crippen molar-refractivity contribution in [2.24, 2.45) is 11.8 Å². The van der Waals surface area contributed by atoms with Crippen LogP contribution in [0.2, 0.25) is 0 Å². The molecule has 4 heteroatoms. The van der Waals surface area contributed by atoms with Crippen LogP contribution in [0.1, 0.15) is 46.0 Å². The Morgan fingerprint density at radius 2 is 1.73 bits per heavy atom. The zero-order chi connectivity index (χ0) is 11.0. The van der Waals surface area contributed by atoms with Crippen LogP contribution in [0.3, 0.4) is 0 Å². The molecule has 1 N–H and O–H groups in total. The first-order valence-electron chi connectivity index (χ1n) is 5.41. The van der Waals surface area contributed by atoms with Crippen molar-refractivity contribution < 1.29 is 9.90 Å². The molecule has 4 radical (unpaired) electrons. The number of hydrogen-bond donors (Lipinski definition) is 2. The Labute approximate surface area is 116 Å². The molecule has 15 heavy (non-hydrogen) atoms. The van der Waals surface area contributed by atoms with E-state index in [1.807, 2.05) is 0 Å². The molecule has 0 rings (SSSR count). The van der Waals surface area contributed by atoms with E-state index in [9.17, 15) is 4.79 Å². The number of hydrogen-bond acceptors (Lipinski definition) is 2. The van der Waals surface area contributed by atoms with Crippen LogP contribution in [0.5, 0.6) is 0 Å². The van der Waals surface area contributed by atoms with Gasteiger partial charge in [-0.05, 0) is 12.3 Å². The molecule has 0 aliphatic heterocycles. The Bertz CT molecular complexity index is 163. The van der Waals surface area contributed by atoms with Crippen molar-refractivity contribution in [1.29, 1.82) is 0 Å². The van der Waals surface area contributed by atoms with Crippen LogP contribution in [0, 0.1) is 11.8 Å². The minimum absolute atomic E-state index is 0. The van der Waals surface area contributed by atoms with E-state index in [-0.39, 0.29) is 41.5 Å². The average Bonchev–Trinajstić information content (AvgIpc) is 2.10. The molecule has 88 valence electrons. The summed E-state index contributed by atoms with van der Waals surface area (Å²) in [5.74, 6) is 0.507. The average molecular weight is 337 g/mol. The fourth-order valence-corrected chi connectivity index (χ4v) is 1.62. The third-order valence-corrected chi connectivity index (χ3v) is 2.77. The van der Waals surface area contributed by atoms with Crippen molar-refractivity contribution in [3.63, 3.8) is 0 Å². The SMILES string of the molecule is CC(C)CCCCCC(CO)C(=O)S.[Sn]. The first-order chi connectivity index (χ1) is 6.57. The van der Waals surface area contributed by atoms with Crippen LogP contribution < -0.4 is 0 Å². The molecule has 0 aromatic heterocycles. The van der Waals surface area contributed by atoms with Crippen LogP contribution in [-0.4, -0.2) is 40.7 Å². The zero-order valence-corrected chi connectivity index (χ0v) is 13.4. The van der Waals surface area contributed by atoms with Crippen LogP contribution in [0.4, 0.5) is 0 Å². The third kappa shape index (κ3) is 11.0. The molecule has 0 fully saturated rings. The van der Waals surface area contributed by atoms with Crippen molar-refractivity contribution >= 4 is 41.7 Å². The summed E-state index contributed by atoms with van der Waals surface area (Å²) in [6, 6.07) is 0. The van der Waals surface area contributed by atoms with E-state index in [1.165, 1.54) is 12.8 Å². The molecule has 0 aromatic rings. The molecule has 2 nitrogen and oxygen atoms in total. The van der Waals surface area contributed by atoms with E-state index in [0.29, 0.717) is 0 Å². The van der Waals surface area contributed by atoms with Crippen LogP contribution >= 0.6 is 12.6 Å². The van der Waals surface area contributed by atoms with Crippen molar-refractivity contribution in [2.45, 2.75) is 46.0 Å². The topological polar surface area (TPSA) is 37.3 Å². The van der Waals surface area contributed by atoms with Gasteiger partial charge in [0.05, 0.1) is 12.5 Å². The second kappa shape index (κ2) is 11.3. The molecule has 0 heterocycles. The molecule has 0 amide bonds. The summed E-state index contributed by atoms with van der Waals surface area (Å²) in [5.41, 5.74) is 0. The fourth-order valence-electron chi connectivity index (χ4n) is 1.41. The molecule has 0 saturated heterocycles. The maximum absolute atomic E-state index is 10.9. The predicted molar refractivity (Wildman–Crippen MR) is 68.2 cm³/mol. The summed E-state index contributed by atoms with van der Waals surface area (Å²) >= 11 is 3.73. The van der Waals surface area contributed by atoms with Gasteiger partial charge in [-0.1, -0.05) is 39.5 Å². The quantitative estimate of drug-likeness (QED) is 0.405. The largest absolute Gasteiger partial charge is 0.396 e. The number of carbonyl (C=O) groups excluding carboxylic acids is 1. The Kier molecular flexibility index (Phi) is 13.6. The Morgan fingerprint density at radius 1 is 1.20 bits per heavy atom. The number of aliphatic hydroxyl groups excluding tert-OH is 1. The van der Waals surface area contributed by atoms with Gasteiger partial charge in [0, 0.05) is 23.9 Å².